The third-order valence-corrected chi connectivity index (χ3v) is 5.51. The summed E-state index contributed by atoms with van der Waals surface area (Å²) in [7, 11) is 3.02. The van der Waals surface area contributed by atoms with Gasteiger partial charge in [0.15, 0.2) is 5.16 Å². The van der Waals surface area contributed by atoms with E-state index in [0.717, 1.165) is 5.56 Å². The van der Waals surface area contributed by atoms with Crippen molar-refractivity contribution in [2.75, 3.05) is 7.11 Å². The predicted octanol–water partition coefficient (Wildman–Crippen LogP) is 2.59. The largest absolute Gasteiger partial charge is 0.468 e. The van der Waals surface area contributed by atoms with Crippen LogP contribution in [-0.2, 0) is 16.6 Å². The number of carbonyl (C=O) groups is 1. The summed E-state index contributed by atoms with van der Waals surface area (Å²) >= 11 is 1.24. The number of carbonyl (C=O) groups excluding carboxylic acids is 1. The second-order valence-corrected chi connectivity index (χ2v) is 7.00. The molecule has 0 radical (unpaired) electrons. The van der Waals surface area contributed by atoms with Crippen LogP contribution < -0.4 is 5.56 Å². The summed E-state index contributed by atoms with van der Waals surface area (Å²) in [5.74, 6) is 0.0370. The standard InChI is InChI=1S/C19H16N4O3S/c1-22-16(24)13-10-6-7-11-14(13)23-18(22)20-21-19(23)27-15(17(25)26-2)12-8-4-3-5-9-12/h3-11,15H,1-2H3. The lowest BCUT2D eigenvalue weighted by Gasteiger charge is -2.14. The van der Waals surface area contributed by atoms with Crippen LogP contribution in [0.15, 0.2) is 64.5 Å². The number of hydrogen-bond donors (Lipinski definition) is 0. The van der Waals surface area contributed by atoms with Crippen molar-refractivity contribution in [3.63, 3.8) is 0 Å². The lowest BCUT2D eigenvalue weighted by Crippen LogP contribution is -2.20. The van der Waals surface area contributed by atoms with Crippen molar-refractivity contribution < 1.29 is 9.53 Å². The summed E-state index contributed by atoms with van der Waals surface area (Å²) in [5, 5.41) is 8.87. The van der Waals surface area contributed by atoms with Crippen molar-refractivity contribution in [3.05, 3.63) is 70.5 Å². The second kappa shape index (κ2) is 6.88. The van der Waals surface area contributed by atoms with Crippen LogP contribution in [0.3, 0.4) is 0 Å². The van der Waals surface area contributed by atoms with Crippen LogP contribution in [0, 0.1) is 0 Å². The van der Waals surface area contributed by atoms with Crippen molar-refractivity contribution in [2.45, 2.75) is 10.4 Å². The van der Waals surface area contributed by atoms with Gasteiger partial charge in [-0.1, -0.05) is 54.2 Å². The molecule has 27 heavy (non-hydrogen) atoms. The summed E-state index contributed by atoms with van der Waals surface area (Å²) in [4.78, 5) is 25.0. The van der Waals surface area contributed by atoms with E-state index in [-0.39, 0.29) is 11.5 Å². The van der Waals surface area contributed by atoms with Crippen LogP contribution in [-0.4, -0.2) is 32.2 Å². The van der Waals surface area contributed by atoms with Gasteiger partial charge >= 0.3 is 5.97 Å². The van der Waals surface area contributed by atoms with Crippen molar-refractivity contribution in [1.82, 2.24) is 19.2 Å². The Balaban J connectivity index is 1.91. The number of hydrogen-bond acceptors (Lipinski definition) is 6. The second-order valence-electron chi connectivity index (χ2n) is 5.93. The molecule has 0 spiro atoms. The van der Waals surface area contributed by atoms with Crippen LogP contribution in [0.2, 0.25) is 0 Å². The van der Waals surface area contributed by atoms with Crippen molar-refractivity contribution in [1.29, 1.82) is 0 Å². The van der Waals surface area contributed by atoms with Crippen molar-refractivity contribution >= 4 is 34.4 Å². The van der Waals surface area contributed by atoms with Gasteiger partial charge in [0.2, 0.25) is 5.78 Å². The molecule has 2 heterocycles. The van der Waals surface area contributed by atoms with Gasteiger partial charge < -0.3 is 4.74 Å². The highest BCUT2D eigenvalue weighted by molar-refractivity contribution is 8.00. The van der Waals surface area contributed by atoms with E-state index >= 15 is 0 Å². The van der Waals surface area contributed by atoms with Gasteiger partial charge in [-0.3, -0.25) is 18.6 Å². The van der Waals surface area contributed by atoms with E-state index in [0.29, 0.717) is 21.8 Å². The number of ether oxygens (including phenoxy) is 1. The Morgan fingerprint density at radius 3 is 2.52 bits per heavy atom. The lowest BCUT2D eigenvalue weighted by molar-refractivity contribution is -0.140. The number of fused-ring (bicyclic) bond motifs is 3. The van der Waals surface area contributed by atoms with Crippen LogP contribution >= 0.6 is 11.8 Å². The normalized spacial score (nSPS) is 12.4. The van der Waals surface area contributed by atoms with Crippen LogP contribution in [0.1, 0.15) is 10.8 Å². The maximum absolute atomic E-state index is 12.6. The molecule has 0 aliphatic rings. The Kier molecular flexibility index (Phi) is 4.41. The number of aromatic nitrogens is 4. The van der Waals surface area contributed by atoms with E-state index in [9.17, 15) is 9.59 Å². The Bertz CT molecular complexity index is 1200. The number of methoxy groups -OCH3 is 1. The maximum atomic E-state index is 12.6. The number of nitrogens with zero attached hydrogens (tertiary/aromatic N) is 4. The molecule has 1 atom stereocenters. The molecular formula is C19H16N4O3S. The molecule has 4 aromatic rings. The van der Waals surface area contributed by atoms with E-state index < -0.39 is 5.25 Å². The van der Waals surface area contributed by atoms with Gasteiger partial charge in [-0.05, 0) is 17.7 Å². The minimum Gasteiger partial charge on any atom is -0.468 e. The first-order chi connectivity index (χ1) is 13.1. The first-order valence-corrected chi connectivity index (χ1v) is 9.12. The molecule has 0 N–H and O–H groups in total. The summed E-state index contributed by atoms with van der Waals surface area (Å²) in [5.41, 5.74) is 1.36. The fraction of sp³-hybridized carbons (Fsp3) is 0.158. The molecule has 136 valence electrons. The third kappa shape index (κ3) is 2.87. The molecule has 0 aliphatic heterocycles. The fourth-order valence-electron chi connectivity index (χ4n) is 2.98. The molecule has 0 amide bonds. The topological polar surface area (TPSA) is 78.5 Å². The maximum Gasteiger partial charge on any atom is 0.323 e. The first kappa shape index (κ1) is 17.3. The Morgan fingerprint density at radius 2 is 1.78 bits per heavy atom. The van der Waals surface area contributed by atoms with Crippen molar-refractivity contribution in [2.24, 2.45) is 7.05 Å². The average molecular weight is 380 g/mol. The molecule has 2 aromatic carbocycles. The smallest absolute Gasteiger partial charge is 0.323 e. The molecule has 0 aliphatic carbocycles. The number of thioether (sulfide) groups is 1. The Hall–Kier alpha value is -3.13. The first-order valence-electron chi connectivity index (χ1n) is 8.24. The minimum atomic E-state index is -0.598. The van der Waals surface area contributed by atoms with E-state index in [1.165, 1.54) is 23.4 Å². The van der Waals surface area contributed by atoms with Crippen LogP contribution in [0.4, 0.5) is 0 Å². The molecule has 0 saturated carbocycles. The van der Waals surface area contributed by atoms with E-state index in [1.54, 1.807) is 17.5 Å². The SMILES string of the molecule is COC(=O)C(Sc1nnc2n(C)c(=O)c3ccccc3n12)c1ccccc1. The highest BCUT2D eigenvalue weighted by Crippen LogP contribution is 2.36. The van der Waals surface area contributed by atoms with Gasteiger partial charge in [0.1, 0.15) is 5.25 Å². The van der Waals surface area contributed by atoms with E-state index in [2.05, 4.69) is 10.2 Å². The van der Waals surface area contributed by atoms with Gasteiger partial charge in [0.25, 0.3) is 5.56 Å². The Labute approximate surface area is 158 Å². The quantitative estimate of drug-likeness (QED) is 0.400. The number of benzene rings is 2. The van der Waals surface area contributed by atoms with E-state index in [4.69, 9.17) is 4.74 Å². The Morgan fingerprint density at radius 1 is 1.07 bits per heavy atom. The molecule has 0 bridgehead atoms. The lowest BCUT2D eigenvalue weighted by atomic mass is 10.1. The molecule has 7 nitrogen and oxygen atoms in total. The summed E-state index contributed by atoms with van der Waals surface area (Å²) in [6.45, 7) is 0. The zero-order chi connectivity index (χ0) is 19.0. The molecule has 4 rings (SSSR count). The third-order valence-electron chi connectivity index (χ3n) is 4.34. The van der Waals surface area contributed by atoms with Crippen LogP contribution in [0.5, 0.6) is 0 Å². The molecule has 0 fully saturated rings. The van der Waals surface area contributed by atoms with Gasteiger partial charge in [-0.2, -0.15) is 0 Å². The van der Waals surface area contributed by atoms with Gasteiger partial charge in [0.05, 0.1) is 18.0 Å². The number of para-hydroxylation sites is 1. The number of esters is 1. The molecule has 0 saturated heterocycles. The number of aryl methyl sites for hydroxylation is 1. The molecule has 1 unspecified atom stereocenters. The monoisotopic (exact) mass is 380 g/mol. The zero-order valence-corrected chi connectivity index (χ0v) is 15.5. The molecule has 2 aromatic heterocycles. The molecular weight excluding hydrogens is 364 g/mol. The van der Waals surface area contributed by atoms with Gasteiger partial charge in [0, 0.05) is 7.05 Å². The summed E-state index contributed by atoms with van der Waals surface area (Å²) < 4.78 is 8.23. The predicted molar refractivity (Wildman–Crippen MR) is 103 cm³/mol. The zero-order valence-electron chi connectivity index (χ0n) is 14.7. The average Bonchev–Trinajstić information content (AvgIpc) is 3.14. The van der Waals surface area contributed by atoms with Crippen LogP contribution in [0.25, 0.3) is 16.7 Å². The van der Waals surface area contributed by atoms with E-state index in [1.807, 2.05) is 48.5 Å². The highest BCUT2D eigenvalue weighted by atomic mass is 32.2. The van der Waals surface area contributed by atoms with Gasteiger partial charge in [-0.15, -0.1) is 10.2 Å². The van der Waals surface area contributed by atoms with Crippen molar-refractivity contribution in [3.8, 4) is 0 Å². The highest BCUT2D eigenvalue weighted by Gasteiger charge is 2.26. The molecule has 8 heteroatoms. The summed E-state index contributed by atoms with van der Waals surface area (Å²) in [6, 6.07) is 16.6. The minimum absolute atomic E-state index is 0.144. The number of rotatable bonds is 4. The van der Waals surface area contributed by atoms with Gasteiger partial charge in [-0.25, -0.2) is 0 Å². The fourth-order valence-corrected chi connectivity index (χ4v) is 4.05. The summed E-state index contributed by atoms with van der Waals surface area (Å²) in [6.07, 6.45) is 0.